The molecule has 2 N–H and O–H groups in total. The van der Waals surface area contributed by atoms with E-state index in [2.05, 4.69) is 26.7 Å². The fourth-order valence-corrected chi connectivity index (χ4v) is 2.70. The molecule has 2 rings (SSSR count). The Bertz CT molecular complexity index is 546. The molecular weight excluding hydrogens is 415 g/mol. The van der Waals surface area contributed by atoms with Gasteiger partial charge in [-0.15, -0.1) is 24.0 Å². The number of pyridine rings is 1. The van der Waals surface area contributed by atoms with Gasteiger partial charge in [-0.1, -0.05) is 17.7 Å². The molecule has 1 aromatic heterocycles. The zero-order chi connectivity index (χ0) is 16.3. The fraction of sp³-hybridized carbons (Fsp3) is 0.556. The standard InChI is InChI=1S/C18H28N4O.HI/c1-3-23-17-16(10-7-12-20-17)14-22-18(19-2)21-13-11-15-8-5-4-6-9-15;/h7-8,10,12H,3-6,9,11,13-14H2,1-2H3,(H2,19,21,22);1H. The van der Waals surface area contributed by atoms with Crippen LogP contribution in [0.3, 0.4) is 0 Å². The molecule has 0 saturated carbocycles. The summed E-state index contributed by atoms with van der Waals surface area (Å²) in [4.78, 5) is 8.54. The average Bonchev–Trinajstić information content (AvgIpc) is 2.60. The lowest BCUT2D eigenvalue weighted by molar-refractivity contribution is 0.322. The maximum Gasteiger partial charge on any atom is 0.218 e. The van der Waals surface area contributed by atoms with Crippen LogP contribution in [0.15, 0.2) is 35.0 Å². The summed E-state index contributed by atoms with van der Waals surface area (Å²) in [6, 6.07) is 3.94. The van der Waals surface area contributed by atoms with Gasteiger partial charge in [0.25, 0.3) is 0 Å². The first kappa shape index (κ1) is 20.7. The van der Waals surface area contributed by atoms with Crippen molar-refractivity contribution in [2.45, 2.75) is 45.6 Å². The highest BCUT2D eigenvalue weighted by molar-refractivity contribution is 14.0. The van der Waals surface area contributed by atoms with E-state index in [1.807, 2.05) is 19.1 Å². The van der Waals surface area contributed by atoms with Crippen LogP contribution in [0.4, 0.5) is 0 Å². The van der Waals surface area contributed by atoms with Crippen molar-refractivity contribution in [3.8, 4) is 5.88 Å². The molecule has 0 atom stereocenters. The van der Waals surface area contributed by atoms with Crippen molar-refractivity contribution in [1.29, 1.82) is 0 Å². The predicted octanol–water partition coefficient (Wildman–Crippen LogP) is 3.65. The van der Waals surface area contributed by atoms with Gasteiger partial charge in [0.05, 0.1) is 6.61 Å². The van der Waals surface area contributed by atoms with Gasteiger partial charge in [-0.3, -0.25) is 4.99 Å². The van der Waals surface area contributed by atoms with Crippen molar-refractivity contribution in [3.05, 3.63) is 35.5 Å². The maximum absolute atomic E-state index is 5.54. The Morgan fingerprint density at radius 3 is 2.92 bits per heavy atom. The van der Waals surface area contributed by atoms with E-state index in [1.165, 1.54) is 25.7 Å². The summed E-state index contributed by atoms with van der Waals surface area (Å²) < 4.78 is 5.54. The number of nitrogens with one attached hydrogen (secondary N) is 2. The third kappa shape index (κ3) is 7.07. The van der Waals surface area contributed by atoms with Gasteiger partial charge in [0.2, 0.25) is 5.88 Å². The van der Waals surface area contributed by atoms with Crippen molar-refractivity contribution in [2.75, 3.05) is 20.2 Å². The molecule has 5 nitrogen and oxygen atoms in total. The molecule has 6 heteroatoms. The van der Waals surface area contributed by atoms with E-state index in [1.54, 1.807) is 18.8 Å². The van der Waals surface area contributed by atoms with E-state index in [0.29, 0.717) is 19.0 Å². The van der Waals surface area contributed by atoms with Crippen LogP contribution in [-0.2, 0) is 6.54 Å². The van der Waals surface area contributed by atoms with Crippen molar-refractivity contribution in [3.63, 3.8) is 0 Å². The Labute approximate surface area is 162 Å². The molecule has 1 aliphatic rings. The number of hydrogen-bond acceptors (Lipinski definition) is 3. The van der Waals surface area contributed by atoms with E-state index >= 15 is 0 Å². The van der Waals surface area contributed by atoms with Crippen LogP contribution in [0.1, 0.15) is 44.6 Å². The summed E-state index contributed by atoms with van der Waals surface area (Å²) in [7, 11) is 1.79. The summed E-state index contributed by atoms with van der Waals surface area (Å²) in [5.41, 5.74) is 2.61. The van der Waals surface area contributed by atoms with Crippen molar-refractivity contribution in [2.24, 2.45) is 4.99 Å². The van der Waals surface area contributed by atoms with Gasteiger partial charge in [-0.25, -0.2) is 4.98 Å². The minimum atomic E-state index is 0. The van der Waals surface area contributed by atoms with Crippen LogP contribution in [0.5, 0.6) is 5.88 Å². The first-order chi connectivity index (χ1) is 11.3. The van der Waals surface area contributed by atoms with Crippen molar-refractivity contribution in [1.82, 2.24) is 15.6 Å². The molecule has 0 bridgehead atoms. The molecule has 1 aliphatic carbocycles. The summed E-state index contributed by atoms with van der Waals surface area (Å²) >= 11 is 0. The van der Waals surface area contributed by atoms with E-state index < -0.39 is 0 Å². The number of nitrogens with zero attached hydrogens (tertiary/aromatic N) is 2. The van der Waals surface area contributed by atoms with Crippen molar-refractivity contribution >= 4 is 29.9 Å². The molecule has 0 aliphatic heterocycles. The number of halogens is 1. The molecule has 0 aromatic carbocycles. The molecule has 0 fully saturated rings. The van der Waals surface area contributed by atoms with Crippen LogP contribution in [-0.4, -0.2) is 31.1 Å². The molecule has 0 spiro atoms. The minimum absolute atomic E-state index is 0. The van der Waals surface area contributed by atoms with Gasteiger partial charge < -0.3 is 15.4 Å². The van der Waals surface area contributed by atoms with Gasteiger partial charge in [-0.2, -0.15) is 0 Å². The van der Waals surface area contributed by atoms with Crippen LogP contribution in [0.25, 0.3) is 0 Å². The largest absolute Gasteiger partial charge is 0.478 e. The minimum Gasteiger partial charge on any atom is -0.478 e. The lowest BCUT2D eigenvalue weighted by atomic mass is 9.97. The second-order valence-corrected chi connectivity index (χ2v) is 5.61. The quantitative estimate of drug-likeness (QED) is 0.292. The molecular formula is C18H29IN4O. The Hall–Kier alpha value is -1.31. The number of allylic oxidation sites excluding steroid dienone is 1. The SMILES string of the molecule is CCOc1ncccc1CNC(=NC)NCCC1=CCCCC1.I. The molecule has 0 amide bonds. The summed E-state index contributed by atoms with van der Waals surface area (Å²) in [5, 5.41) is 6.70. The highest BCUT2D eigenvalue weighted by Crippen LogP contribution is 2.19. The first-order valence-corrected chi connectivity index (χ1v) is 8.52. The molecule has 1 heterocycles. The smallest absolute Gasteiger partial charge is 0.218 e. The average molecular weight is 444 g/mol. The zero-order valence-corrected chi connectivity index (χ0v) is 17.0. The summed E-state index contributed by atoms with van der Waals surface area (Å²) in [6.45, 7) is 4.14. The van der Waals surface area contributed by atoms with Gasteiger partial charge in [-0.05, 0) is 45.1 Å². The summed E-state index contributed by atoms with van der Waals surface area (Å²) in [5.74, 6) is 1.50. The number of rotatable bonds is 7. The van der Waals surface area contributed by atoms with Crippen molar-refractivity contribution < 1.29 is 4.74 Å². The molecule has 0 radical (unpaired) electrons. The Balaban J connectivity index is 0.00000288. The van der Waals surface area contributed by atoms with Crippen LogP contribution in [0, 0.1) is 0 Å². The van der Waals surface area contributed by atoms with Crippen LogP contribution >= 0.6 is 24.0 Å². The van der Waals surface area contributed by atoms with Gasteiger partial charge in [0, 0.05) is 31.9 Å². The maximum atomic E-state index is 5.54. The van der Waals surface area contributed by atoms with E-state index in [4.69, 9.17) is 4.74 Å². The monoisotopic (exact) mass is 444 g/mol. The highest BCUT2D eigenvalue weighted by atomic mass is 127. The first-order valence-electron chi connectivity index (χ1n) is 8.52. The molecule has 24 heavy (non-hydrogen) atoms. The fourth-order valence-electron chi connectivity index (χ4n) is 2.70. The van der Waals surface area contributed by atoms with Gasteiger partial charge in [0.1, 0.15) is 0 Å². The second-order valence-electron chi connectivity index (χ2n) is 5.61. The number of ether oxygens (including phenoxy) is 1. The third-order valence-corrected chi connectivity index (χ3v) is 3.92. The number of guanidine groups is 1. The number of aromatic nitrogens is 1. The second kappa shape index (κ2) is 12.1. The van der Waals surface area contributed by atoms with Crippen LogP contribution in [0.2, 0.25) is 0 Å². The van der Waals surface area contributed by atoms with Gasteiger partial charge >= 0.3 is 0 Å². The Morgan fingerprint density at radius 1 is 1.33 bits per heavy atom. The lowest BCUT2D eigenvalue weighted by Crippen LogP contribution is -2.37. The molecule has 0 unspecified atom stereocenters. The normalized spacial score (nSPS) is 14.4. The highest BCUT2D eigenvalue weighted by Gasteiger charge is 2.06. The van der Waals surface area contributed by atoms with Gasteiger partial charge in [0.15, 0.2) is 5.96 Å². The Kier molecular flexibility index (Phi) is 10.5. The molecule has 0 saturated heterocycles. The predicted molar refractivity (Wildman–Crippen MR) is 110 cm³/mol. The summed E-state index contributed by atoms with van der Waals surface area (Å²) in [6.07, 6.45) is 10.4. The third-order valence-electron chi connectivity index (χ3n) is 3.92. The lowest BCUT2D eigenvalue weighted by Gasteiger charge is -2.16. The molecule has 134 valence electrons. The molecule has 1 aromatic rings. The Morgan fingerprint density at radius 2 is 2.21 bits per heavy atom. The van der Waals surface area contributed by atoms with E-state index in [0.717, 1.165) is 24.5 Å². The van der Waals surface area contributed by atoms with E-state index in [9.17, 15) is 0 Å². The zero-order valence-electron chi connectivity index (χ0n) is 14.7. The number of hydrogen-bond donors (Lipinski definition) is 2. The number of aliphatic imine (C=N–C) groups is 1. The topological polar surface area (TPSA) is 58.5 Å². The van der Waals surface area contributed by atoms with Crippen LogP contribution < -0.4 is 15.4 Å². The van der Waals surface area contributed by atoms with E-state index in [-0.39, 0.29) is 24.0 Å².